The van der Waals surface area contributed by atoms with Gasteiger partial charge in [0.25, 0.3) is 5.56 Å². The van der Waals surface area contributed by atoms with Gasteiger partial charge in [-0.1, -0.05) is 6.92 Å². The molecule has 9 nitrogen and oxygen atoms in total. The van der Waals surface area contributed by atoms with Crippen LogP contribution < -0.4 is 16.0 Å². The van der Waals surface area contributed by atoms with Crippen LogP contribution in [-0.2, 0) is 4.74 Å². The summed E-state index contributed by atoms with van der Waals surface area (Å²) in [6.07, 6.45) is 0.445. The van der Waals surface area contributed by atoms with E-state index in [0.29, 0.717) is 43.3 Å². The van der Waals surface area contributed by atoms with E-state index in [1.165, 1.54) is 7.11 Å². The summed E-state index contributed by atoms with van der Waals surface area (Å²) in [6.45, 7) is 6.20. The van der Waals surface area contributed by atoms with E-state index >= 15 is 0 Å². The van der Waals surface area contributed by atoms with Gasteiger partial charge in [0, 0.05) is 19.6 Å². The summed E-state index contributed by atoms with van der Waals surface area (Å²) in [5.74, 6) is 0.195. The smallest absolute Gasteiger partial charge is 0.335 e. The largest absolute Gasteiger partial charge is 0.497 e. The molecular formula is C20H26N4O5. The zero-order valence-corrected chi connectivity index (χ0v) is 16.7. The first-order valence-corrected chi connectivity index (χ1v) is 9.61. The Balaban J connectivity index is 1.93. The number of nitrogens with zero attached hydrogens (tertiary/aromatic N) is 3. The van der Waals surface area contributed by atoms with Crippen molar-refractivity contribution in [3.05, 3.63) is 50.7 Å². The molecule has 1 aromatic heterocycles. The van der Waals surface area contributed by atoms with Crippen LogP contribution in [0.5, 0.6) is 11.6 Å². The Morgan fingerprint density at radius 1 is 1.24 bits per heavy atom. The minimum atomic E-state index is -0.717. The van der Waals surface area contributed by atoms with E-state index in [1.54, 1.807) is 24.3 Å². The minimum Gasteiger partial charge on any atom is -0.497 e. The van der Waals surface area contributed by atoms with E-state index in [9.17, 15) is 14.7 Å². The molecule has 0 atom stereocenters. The first kappa shape index (κ1) is 20.8. The van der Waals surface area contributed by atoms with Crippen LogP contribution in [0.2, 0.25) is 0 Å². The number of nitrogens with one attached hydrogen (secondary N) is 1. The van der Waals surface area contributed by atoms with Gasteiger partial charge in [0.05, 0.1) is 38.3 Å². The highest BCUT2D eigenvalue weighted by atomic mass is 16.5. The zero-order chi connectivity index (χ0) is 20.8. The molecule has 0 unspecified atom stereocenters. The second kappa shape index (κ2) is 9.53. The first-order valence-electron chi connectivity index (χ1n) is 9.61. The fraction of sp³-hybridized carbons (Fsp3) is 0.450. The lowest BCUT2D eigenvalue weighted by Crippen LogP contribution is -2.38. The van der Waals surface area contributed by atoms with E-state index in [0.717, 1.165) is 24.2 Å². The van der Waals surface area contributed by atoms with Gasteiger partial charge in [-0.25, -0.2) is 9.36 Å². The first-order chi connectivity index (χ1) is 14.0. The number of hydrogen-bond donors (Lipinski definition) is 2. The third-order valence-corrected chi connectivity index (χ3v) is 4.86. The topological polar surface area (TPSA) is 109 Å². The van der Waals surface area contributed by atoms with Gasteiger partial charge in [-0.15, -0.1) is 0 Å². The summed E-state index contributed by atoms with van der Waals surface area (Å²) in [7, 11) is 1.54. The van der Waals surface area contributed by atoms with Gasteiger partial charge in [-0.2, -0.15) is 0 Å². The van der Waals surface area contributed by atoms with Gasteiger partial charge < -0.3 is 14.6 Å². The molecule has 2 heterocycles. The standard InChI is InChI=1S/C20H26N4O5/c1-3-16(21-8-9-23-10-12-29-13-11-23)17-18(25)22-20(27)24(19(17)26)14-4-6-15(28-2)7-5-14/h4-7,26H,3,8-13H2,1-2H3,(H,22,25,27). The van der Waals surface area contributed by atoms with Crippen molar-refractivity contribution < 1.29 is 14.6 Å². The lowest BCUT2D eigenvalue weighted by Gasteiger charge is -2.25. The van der Waals surface area contributed by atoms with Gasteiger partial charge in [0.2, 0.25) is 5.88 Å². The molecule has 9 heteroatoms. The van der Waals surface area contributed by atoms with Crippen molar-refractivity contribution in [2.75, 3.05) is 46.5 Å². The van der Waals surface area contributed by atoms with Crippen molar-refractivity contribution >= 4 is 5.71 Å². The average Bonchev–Trinajstić information content (AvgIpc) is 2.73. The van der Waals surface area contributed by atoms with Crippen molar-refractivity contribution in [1.82, 2.24) is 14.5 Å². The molecule has 2 N–H and O–H groups in total. The van der Waals surface area contributed by atoms with Gasteiger partial charge >= 0.3 is 5.69 Å². The number of H-pyrrole nitrogens is 1. The monoisotopic (exact) mass is 402 g/mol. The van der Waals surface area contributed by atoms with Crippen molar-refractivity contribution in [2.24, 2.45) is 4.99 Å². The molecule has 1 fully saturated rings. The molecule has 1 saturated heterocycles. The van der Waals surface area contributed by atoms with Crippen LogP contribution in [0.15, 0.2) is 38.8 Å². The molecule has 1 aliphatic rings. The van der Waals surface area contributed by atoms with Crippen LogP contribution in [0, 0.1) is 0 Å². The van der Waals surface area contributed by atoms with Crippen LogP contribution in [-0.4, -0.2) is 71.8 Å². The van der Waals surface area contributed by atoms with E-state index in [2.05, 4.69) is 14.9 Å². The third-order valence-electron chi connectivity index (χ3n) is 4.86. The van der Waals surface area contributed by atoms with Crippen LogP contribution in [0.25, 0.3) is 5.69 Å². The molecule has 29 heavy (non-hydrogen) atoms. The van der Waals surface area contributed by atoms with Gasteiger partial charge in [-0.3, -0.25) is 19.7 Å². The van der Waals surface area contributed by atoms with Crippen molar-refractivity contribution in [3.63, 3.8) is 0 Å². The molecule has 0 bridgehead atoms. The van der Waals surface area contributed by atoms with Gasteiger partial charge in [0.1, 0.15) is 11.3 Å². The number of ether oxygens (including phenoxy) is 2. The maximum Gasteiger partial charge on any atom is 0.335 e. The lowest BCUT2D eigenvalue weighted by molar-refractivity contribution is 0.0394. The maximum atomic E-state index is 12.5. The molecule has 0 amide bonds. The summed E-state index contributed by atoms with van der Waals surface area (Å²) in [5, 5.41) is 10.8. The number of aromatic hydroxyl groups is 1. The van der Waals surface area contributed by atoms with Crippen molar-refractivity contribution in [1.29, 1.82) is 0 Å². The third kappa shape index (κ3) is 4.75. The molecular weight excluding hydrogens is 376 g/mol. The maximum absolute atomic E-state index is 12.5. The molecule has 0 saturated carbocycles. The highest BCUT2D eigenvalue weighted by molar-refractivity contribution is 6.02. The molecule has 0 aliphatic carbocycles. The quantitative estimate of drug-likeness (QED) is 0.662. The second-order valence-corrected chi connectivity index (χ2v) is 6.63. The Morgan fingerprint density at radius 3 is 2.55 bits per heavy atom. The molecule has 0 radical (unpaired) electrons. The predicted octanol–water partition coefficient (Wildman–Crippen LogP) is 0.771. The van der Waals surface area contributed by atoms with Gasteiger partial charge in [0.15, 0.2) is 0 Å². The summed E-state index contributed by atoms with van der Waals surface area (Å²) in [4.78, 5) is 33.9. The highest BCUT2D eigenvalue weighted by Crippen LogP contribution is 2.20. The van der Waals surface area contributed by atoms with Crippen LogP contribution >= 0.6 is 0 Å². The number of aliphatic imine (C=N–C) groups is 1. The molecule has 3 rings (SSSR count). The summed E-state index contributed by atoms with van der Waals surface area (Å²) >= 11 is 0. The highest BCUT2D eigenvalue weighted by Gasteiger charge is 2.19. The number of benzene rings is 1. The Kier molecular flexibility index (Phi) is 6.84. The number of methoxy groups -OCH3 is 1. The summed E-state index contributed by atoms with van der Waals surface area (Å²) in [6, 6.07) is 6.60. The number of hydrogen-bond acceptors (Lipinski definition) is 7. The van der Waals surface area contributed by atoms with E-state index in [4.69, 9.17) is 9.47 Å². The number of rotatable bonds is 7. The fourth-order valence-corrected chi connectivity index (χ4v) is 3.27. The molecule has 0 spiro atoms. The van der Waals surface area contributed by atoms with Crippen molar-refractivity contribution in [3.8, 4) is 17.3 Å². The van der Waals surface area contributed by atoms with Crippen LogP contribution in [0.1, 0.15) is 18.9 Å². The lowest BCUT2D eigenvalue weighted by atomic mass is 10.1. The Labute approximate surface area is 168 Å². The van der Waals surface area contributed by atoms with E-state index < -0.39 is 17.1 Å². The van der Waals surface area contributed by atoms with E-state index in [1.807, 2.05) is 6.92 Å². The number of aromatic amines is 1. The van der Waals surface area contributed by atoms with Crippen LogP contribution in [0.4, 0.5) is 0 Å². The molecule has 156 valence electrons. The molecule has 2 aromatic rings. The normalized spacial score (nSPS) is 15.4. The Bertz CT molecular complexity index is 972. The average molecular weight is 402 g/mol. The van der Waals surface area contributed by atoms with Gasteiger partial charge in [-0.05, 0) is 30.7 Å². The fourth-order valence-electron chi connectivity index (χ4n) is 3.27. The summed E-state index contributed by atoms with van der Waals surface area (Å²) < 4.78 is 11.5. The second-order valence-electron chi connectivity index (χ2n) is 6.63. The number of morpholine rings is 1. The predicted molar refractivity (Wildman–Crippen MR) is 110 cm³/mol. The Morgan fingerprint density at radius 2 is 1.93 bits per heavy atom. The molecule has 1 aliphatic heterocycles. The molecule has 1 aromatic carbocycles. The minimum absolute atomic E-state index is 0.0184. The Hall–Kier alpha value is -2.91. The zero-order valence-electron chi connectivity index (χ0n) is 16.7. The number of aromatic nitrogens is 2. The van der Waals surface area contributed by atoms with E-state index in [-0.39, 0.29) is 5.56 Å². The SMILES string of the molecule is CCC(=NCCN1CCOCC1)c1c(O)n(-c2ccc(OC)cc2)c(=O)[nH]c1=O. The van der Waals surface area contributed by atoms with Crippen LogP contribution in [0.3, 0.4) is 0 Å². The van der Waals surface area contributed by atoms with Crippen molar-refractivity contribution in [2.45, 2.75) is 13.3 Å². The summed E-state index contributed by atoms with van der Waals surface area (Å²) in [5.41, 5.74) is -0.479.